The molecule has 0 saturated carbocycles. The van der Waals surface area contributed by atoms with Crippen molar-refractivity contribution in [2.24, 2.45) is 5.73 Å². The lowest BCUT2D eigenvalue weighted by Gasteiger charge is -2.26. The average molecular weight is 304 g/mol. The molecule has 0 aliphatic heterocycles. The van der Waals surface area contributed by atoms with Gasteiger partial charge in [-0.05, 0) is 55.2 Å². The van der Waals surface area contributed by atoms with E-state index in [4.69, 9.17) is 22.1 Å². The van der Waals surface area contributed by atoms with Crippen LogP contribution in [0.25, 0.3) is 0 Å². The molecule has 2 rings (SSSR count). The topological polar surface area (TPSA) is 35.2 Å². The lowest BCUT2D eigenvalue weighted by Crippen LogP contribution is -2.31. The molecule has 2 N–H and O–H groups in total. The highest BCUT2D eigenvalue weighted by Crippen LogP contribution is 2.29. The summed E-state index contributed by atoms with van der Waals surface area (Å²) in [5.74, 6) is 0.879. The maximum absolute atomic E-state index is 6.27. The number of hydrogen-bond acceptors (Lipinski definition) is 2. The lowest BCUT2D eigenvalue weighted by atomic mass is 10.0. The van der Waals surface area contributed by atoms with Crippen molar-refractivity contribution in [3.8, 4) is 5.75 Å². The van der Waals surface area contributed by atoms with Crippen LogP contribution in [0.2, 0.25) is 5.02 Å². The maximum Gasteiger partial charge on any atom is 0.139 e. The molecule has 2 nitrogen and oxygen atoms in total. The Hall–Kier alpha value is -1.51. The highest BCUT2D eigenvalue weighted by atomic mass is 35.5. The maximum atomic E-state index is 6.27. The molecule has 2 aromatic carbocycles. The Kier molecular flexibility index (Phi) is 5.27. The second-order valence-corrected chi connectivity index (χ2v) is 5.87. The van der Waals surface area contributed by atoms with Crippen LogP contribution < -0.4 is 10.5 Å². The molecule has 3 heteroatoms. The number of rotatable bonds is 5. The van der Waals surface area contributed by atoms with Crippen LogP contribution in [0.15, 0.2) is 42.5 Å². The van der Waals surface area contributed by atoms with Crippen molar-refractivity contribution in [3.05, 3.63) is 64.2 Å². The van der Waals surface area contributed by atoms with Crippen molar-refractivity contribution in [1.82, 2.24) is 0 Å². The predicted molar refractivity (Wildman–Crippen MR) is 89.0 cm³/mol. The van der Waals surface area contributed by atoms with Gasteiger partial charge in [-0.1, -0.05) is 42.8 Å². The molecule has 0 aromatic heterocycles. The number of ether oxygens (including phenoxy) is 1. The Balaban J connectivity index is 2.35. The first-order valence-corrected chi connectivity index (χ1v) is 7.64. The van der Waals surface area contributed by atoms with Gasteiger partial charge in [0.2, 0.25) is 0 Å². The molecule has 2 atom stereocenters. The first kappa shape index (κ1) is 15.9. The second kappa shape index (κ2) is 6.97. The third-order valence-electron chi connectivity index (χ3n) is 3.64. The van der Waals surface area contributed by atoms with E-state index in [1.54, 1.807) is 0 Å². The minimum absolute atomic E-state index is 0.0802. The predicted octanol–water partition coefficient (Wildman–Crippen LogP) is 4.81. The quantitative estimate of drug-likeness (QED) is 0.860. The molecule has 2 unspecified atom stereocenters. The summed E-state index contributed by atoms with van der Waals surface area (Å²) in [6, 6.07) is 13.8. The zero-order valence-electron chi connectivity index (χ0n) is 12.8. The van der Waals surface area contributed by atoms with E-state index in [0.717, 1.165) is 23.3 Å². The van der Waals surface area contributed by atoms with Crippen LogP contribution in [0, 0.1) is 13.8 Å². The fourth-order valence-electron chi connectivity index (χ4n) is 2.27. The summed E-state index contributed by atoms with van der Waals surface area (Å²) >= 11 is 6.10. The second-order valence-electron chi connectivity index (χ2n) is 5.43. The Morgan fingerprint density at radius 3 is 2.57 bits per heavy atom. The van der Waals surface area contributed by atoms with Crippen molar-refractivity contribution < 1.29 is 4.74 Å². The van der Waals surface area contributed by atoms with E-state index in [1.807, 2.05) is 31.2 Å². The van der Waals surface area contributed by atoms with Crippen molar-refractivity contribution >= 4 is 11.6 Å². The largest absolute Gasteiger partial charge is 0.484 e. The normalized spacial score (nSPS) is 13.8. The lowest BCUT2D eigenvalue weighted by molar-refractivity contribution is 0.170. The molecule has 0 bridgehead atoms. The molecular weight excluding hydrogens is 282 g/mol. The fraction of sp³-hybridized carbons (Fsp3) is 0.333. The third kappa shape index (κ3) is 3.99. The van der Waals surface area contributed by atoms with E-state index < -0.39 is 0 Å². The molecular formula is C18H22ClNO. The molecule has 0 spiro atoms. The summed E-state index contributed by atoms with van der Waals surface area (Å²) in [7, 11) is 0. The Labute approximate surface area is 131 Å². The van der Waals surface area contributed by atoms with E-state index in [1.165, 1.54) is 5.56 Å². The van der Waals surface area contributed by atoms with Gasteiger partial charge in [0.15, 0.2) is 0 Å². The highest BCUT2D eigenvalue weighted by molar-refractivity contribution is 6.30. The Morgan fingerprint density at radius 2 is 1.90 bits per heavy atom. The van der Waals surface area contributed by atoms with E-state index in [0.29, 0.717) is 5.02 Å². The molecule has 0 fully saturated rings. The molecule has 0 aliphatic rings. The standard InChI is InChI=1S/C18H22ClNO/c1-4-16(20)18(14-6-5-7-15(19)11-14)21-17-10-12(2)8-9-13(17)3/h5-11,16,18H,4,20H2,1-3H3. The van der Waals surface area contributed by atoms with Crippen molar-refractivity contribution in [2.75, 3.05) is 0 Å². The van der Waals surface area contributed by atoms with Crippen LogP contribution in [0.4, 0.5) is 0 Å². The first-order chi connectivity index (χ1) is 10.0. The monoisotopic (exact) mass is 303 g/mol. The molecule has 21 heavy (non-hydrogen) atoms. The van der Waals surface area contributed by atoms with Crippen LogP contribution in [0.5, 0.6) is 5.75 Å². The van der Waals surface area contributed by atoms with Gasteiger partial charge in [0.1, 0.15) is 11.9 Å². The number of aryl methyl sites for hydroxylation is 2. The van der Waals surface area contributed by atoms with Gasteiger partial charge < -0.3 is 10.5 Å². The van der Waals surface area contributed by atoms with Gasteiger partial charge >= 0.3 is 0 Å². The first-order valence-electron chi connectivity index (χ1n) is 7.26. The minimum atomic E-state index is -0.200. The summed E-state index contributed by atoms with van der Waals surface area (Å²) in [6.07, 6.45) is 0.636. The van der Waals surface area contributed by atoms with Crippen LogP contribution in [0.3, 0.4) is 0 Å². The van der Waals surface area contributed by atoms with Gasteiger partial charge in [-0.25, -0.2) is 0 Å². The van der Waals surface area contributed by atoms with Crippen LogP contribution in [0.1, 0.15) is 36.1 Å². The summed E-state index contributed by atoms with van der Waals surface area (Å²) in [5, 5.41) is 0.699. The minimum Gasteiger partial charge on any atom is -0.484 e. The summed E-state index contributed by atoms with van der Waals surface area (Å²) in [4.78, 5) is 0. The van der Waals surface area contributed by atoms with E-state index >= 15 is 0 Å². The third-order valence-corrected chi connectivity index (χ3v) is 3.87. The number of halogens is 1. The van der Waals surface area contributed by atoms with Crippen LogP contribution in [-0.4, -0.2) is 6.04 Å². The van der Waals surface area contributed by atoms with Crippen molar-refractivity contribution in [1.29, 1.82) is 0 Å². The number of hydrogen-bond donors (Lipinski definition) is 1. The molecule has 2 aromatic rings. The molecule has 0 radical (unpaired) electrons. The van der Waals surface area contributed by atoms with Gasteiger partial charge in [-0.3, -0.25) is 0 Å². The van der Waals surface area contributed by atoms with E-state index in [2.05, 4.69) is 32.0 Å². The molecule has 0 saturated heterocycles. The zero-order valence-corrected chi connectivity index (χ0v) is 13.5. The van der Waals surface area contributed by atoms with Gasteiger partial charge in [0.25, 0.3) is 0 Å². The molecule has 0 heterocycles. The van der Waals surface area contributed by atoms with Crippen molar-refractivity contribution in [3.63, 3.8) is 0 Å². The van der Waals surface area contributed by atoms with E-state index in [9.17, 15) is 0 Å². The average Bonchev–Trinajstić information content (AvgIpc) is 2.47. The Bertz CT molecular complexity index is 612. The summed E-state index contributed by atoms with van der Waals surface area (Å²) in [5.41, 5.74) is 9.56. The van der Waals surface area contributed by atoms with Crippen molar-refractivity contribution in [2.45, 2.75) is 39.3 Å². The van der Waals surface area contributed by atoms with Gasteiger partial charge in [0.05, 0.1) is 0 Å². The zero-order chi connectivity index (χ0) is 15.4. The highest BCUT2D eigenvalue weighted by Gasteiger charge is 2.21. The van der Waals surface area contributed by atoms with E-state index in [-0.39, 0.29) is 12.1 Å². The Morgan fingerprint density at radius 1 is 1.14 bits per heavy atom. The number of nitrogens with two attached hydrogens (primary N) is 1. The smallest absolute Gasteiger partial charge is 0.139 e. The van der Waals surface area contributed by atoms with Gasteiger partial charge in [0, 0.05) is 11.1 Å². The molecule has 112 valence electrons. The summed E-state index contributed by atoms with van der Waals surface area (Å²) in [6.45, 7) is 6.16. The van der Waals surface area contributed by atoms with Crippen LogP contribution in [-0.2, 0) is 0 Å². The SMILES string of the molecule is CCC(N)C(Oc1cc(C)ccc1C)c1cccc(Cl)c1. The number of benzene rings is 2. The summed E-state index contributed by atoms with van der Waals surface area (Å²) < 4.78 is 6.24. The fourth-order valence-corrected chi connectivity index (χ4v) is 2.47. The molecule has 0 aliphatic carbocycles. The van der Waals surface area contributed by atoms with Gasteiger partial charge in [-0.2, -0.15) is 0 Å². The van der Waals surface area contributed by atoms with Crippen LogP contribution >= 0.6 is 11.6 Å². The van der Waals surface area contributed by atoms with Gasteiger partial charge in [-0.15, -0.1) is 0 Å². The molecule has 0 amide bonds.